The van der Waals surface area contributed by atoms with Gasteiger partial charge in [-0.3, -0.25) is 9.59 Å². The quantitative estimate of drug-likeness (QED) is 0.671. The first kappa shape index (κ1) is 19.6. The highest BCUT2D eigenvalue weighted by Crippen LogP contribution is 2.27. The van der Waals surface area contributed by atoms with Crippen LogP contribution in [0.25, 0.3) is 0 Å². The Kier molecular flexibility index (Phi) is 7.59. The third kappa shape index (κ3) is 5.65. The summed E-state index contributed by atoms with van der Waals surface area (Å²) in [6.45, 7) is 1.94. The first-order chi connectivity index (χ1) is 12.0. The average Bonchev–Trinajstić information content (AvgIpc) is 2.60. The Morgan fingerprint density at radius 2 is 1.92 bits per heavy atom. The molecule has 1 aromatic carbocycles. The number of carbonyl (C=O) groups is 2. The van der Waals surface area contributed by atoms with Crippen LogP contribution >= 0.6 is 0 Å². The van der Waals surface area contributed by atoms with Crippen molar-refractivity contribution in [2.24, 2.45) is 11.7 Å². The van der Waals surface area contributed by atoms with Crippen molar-refractivity contribution >= 4 is 11.7 Å². The molecule has 0 aliphatic heterocycles. The second kappa shape index (κ2) is 9.68. The van der Waals surface area contributed by atoms with E-state index in [4.69, 9.17) is 5.73 Å². The number of aliphatic hydroxyl groups is 1. The first-order valence-corrected chi connectivity index (χ1v) is 9.32. The molecule has 3 unspecified atom stereocenters. The second-order valence-corrected chi connectivity index (χ2v) is 6.98. The summed E-state index contributed by atoms with van der Waals surface area (Å²) in [7, 11) is 0. The fourth-order valence-corrected chi connectivity index (χ4v) is 3.55. The smallest absolute Gasteiger partial charge is 0.220 e. The predicted octanol–water partition coefficient (Wildman–Crippen LogP) is 1.96. The lowest BCUT2D eigenvalue weighted by Gasteiger charge is -2.38. The molecular formula is C20H30N2O3. The van der Waals surface area contributed by atoms with Crippen molar-refractivity contribution < 1.29 is 14.7 Å². The fourth-order valence-electron chi connectivity index (χ4n) is 3.55. The zero-order chi connectivity index (χ0) is 18.2. The van der Waals surface area contributed by atoms with E-state index in [9.17, 15) is 14.7 Å². The van der Waals surface area contributed by atoms with E-state index >= 15 is 0 Å². The predicted molar refractivity (Wildman–Crippen MR) is 97.9 cm³/mol. The molecule has 4 N–H and O–H groups in total. The number of amides is 1. The first-order valence-electron chi connectivity index (χ1n) is 9.32. The van der Waals surface area contributed by atoms with Gasteiger partial charge in [0.25, 0.3) is 0 Å². The molecule has 1 amide bonds. The molecule has 5 heteroatoms. The molecule has 2 rings (SSSR count). The number of benzene rings is 1. The summed E-state index contributed by atoms with van der Waals surface area (Å²) in [5, 5.41) is 13.3. The van der Waals surface area contributed by atoms with Crippen LogP contribution in [0.4, 0.5) is 0 Å². The molecule has 0 saturated heterocycles. The van der Waals surface area contributed by atoms with E-state index in [1.165, 1.54) is 5.56 Å². The van der Waals surface area contributed by atoms with Gasteiger partial charge in [-0.05, 0) is 37.7 Å². The minimum absolute atomic E-state index is 0.0391. The van der Waals surface area contributed by atoms with Crippen LogP contribution < -0.4 is 11.1 Å². The molecule has 1 saturated carbocycles. The lowest BCUT2D eigenvalue weighted by atomic mass is 9.77. The van der Waals surface area contributed by atoms with Crippen LogP contribution in [-0.4, -0.2) is 35.0 Å². The summed E-state index contributed by atoms with van der Waals surface area (Å²) in [5.74, 6) is -0.370. The Morgan fingerprint density at radius 3 is 2.60 bits per heavy atom. The van der Waals surface area contributed by atoms with Gasteiger partial charge in [-0.2, -0.15) is 0 Å². The molecule has 25 heavy (non-hydrogen) atoms. The SMILES string of the molecule is CCCC(=O)NC1CCC(C(=O)CCCc2ccccc2)C(O)[C@@H]1N. The van der Waals surface area contributed by atoms with Crippen molar-refractivity contribution in [2.75, 3.05) is 0 Å². The maximum absolute atomic E-state index is 12.5. The largest absolute Gasteiger partial charge is 0.391 e. The van der Waals surface area contributed by atoms with E-state index in [0.29, 0.717) is 25.7 Å². The monoisotopic (exact) mass is 346 g/mol. The molecule has 4 atom stereocenters. The number of ketones is 1. The second-order valence-electron chi connectivity index (χ2n) is 6.98. The lowest BCUT2D eigenvalue weighted by molar-refractivity contribution is -0.129. The topological polar surface area (TPSA) is 92.4 Å². The van der Waals surface area contributed by atoms with Crippen LogP contribution in [0.5, 0.6) is 0 Å². The van der Waals surface area contributed by atoms with Crippen molar-refractivity contribution in [2.45, 2.75) is 70.1 Å². The maximum atomic E-state index is 12.5. The normalized spacial score (nSPS) is 26.2. The molecule has 1 fully saturated rings. The minimum atomic E-state index is -0.884. The fraction of sp³-hybridized carbons (Fsp3) is 0.600. The van der Waals surface area contributed by atoms with E-state index in [2.05, 4.69) is 17.4 Å². The van der Waals surface area contributed by atoms with Crippen LogP contribution in [-0.2, 0) is 16.0 Å². The standard InChI is InChI=1S/C20H30N2O3/c1-2-7-18(24)22-16-13-12-15(20(25)19(16)21)17(23)11-6-10-14-8-4-3-5-9-14/h3-5,8-9,15-16,19-20,25H,2,6-7,10-13,21H2,1H3,(H,22,24)/t15?,16?,19-,20?/m1/s1. The van der Waals surface area contributed by atoms with Gasteiger partial charge in [0.2, 0.25) is 5.91 Å². The highest BCUT2D eigenvalue weighted by atomic mass is 16.3. The Balaban J connectivity index is 1.80. The summed E-state index contributed by atoms with van der Waals surface area (Å²) >= 11 is 0. The maximum Gasteiger partial charge on any atom is 0.220 e. The Hall–Kier alpha value is -1.72. The molecule has 1 aliphatic carbocycles. The molecule has 1 aliphatic rings. The number of nitrogens with one attached hydrogen (secondary N) is 1. The molecule has 0 spiro atoms. The van der Waals surface area contributed by atoms with Gasteiger partial charge in [-0.1, -0.05) is 37.3 Å². The molecule has 0 heterocycles. The highest BCUT2D eigenvalue weighted by molar-refractivity contribution is 5.82. The summed E-state index contributed by atoms with van der Waals surface area (Å²) in [6.07, 6.45) is 3.66. The number of aliphatic hydroxyl groups excluding tert-OH is 1. The number of hydrogen-bond acceptors (Lipinski definition) is 4. The van der Waals surface area contributed by atoms with Gasteiger partial charge in [-0.15, -0.1) is 0 Å². The van der Waals surface area contributed by atoms with Crippen LogP contribution in [0.2, 0.25) is 0 Å². The number of hydrogen-bond donors (Lipinski definition) is 3. The van der Waals surface area contributed by atoms with Crippen molar-refractivity contribution in [3.63, 3.8) is 0 Å². The van der Waals surface area contributed by atoms with Crippen molar-refractivity contribution in [1.82, 2.24) is 5.32 Å². The number of nitrogens with two attached hydrogens (primary N) is 1. The summed E-state index contributed by atoms with van der Waals surface area (Å²) in [4.78, 5) is 24.2. The van der Waals surface area contributed by atoms with Crippen molar-refractivity contribution in [3.8, 4) is 0 Å². The zero-order valence-electron chi connectivity index (χ0n) is 15.0. The van der Waals surface area contributed by atoms with Gasteiger partial charge in [-0.25, -0.2) is 0 Å². The third-order valence-electron chi connectivity index (χ3n) is 5.03. The van der Waals surface area contributed by atoms with E-state index in [1.54, 1.807) is 0 Å². The van der Waals surface area contributed by atoms with Gasteiger partial charge in [0, 0.05) is 24.8 Å². The van der Waals surface area contributed by atoms with Crippen LogP contribution in [0, 0.1) is 5.92 Å². The van der Waals surface area contributed by atoms with Gasteiger partial charge in [0.05, 0.1) is 12.1 Å². The van der Waals surface area contributed by atoms with Gasteiger partial charge >= 0.3 is 0 Å². The molecule has 5 nitrogen and oxygen atoms in total. The Labute approximate surface area is 150 Å². The Morgan fingerprint density at radius 1 is 1.20 bits per heavy atom. The van der Waals surface area contributed by atoms with Crippen LogP contribution in [0.15, 0.2) is 30.3 Å². The van der Waals surface area contributed by atoms with Gasteiger partial charge < -0.3 is 16.2 Å². The molecule has 138 valence electrons. The molecule has 0 aromatic heterocycles. The van der Waals surface area contributed by atoms with Crippen LogP contribution in [0.1, 0.15) is 51.0 Å². The third-order valence-corrected chi connectivity index (χ3v) is 5.03. The van der Waals surface area contributed by atoms with Gasteiger partial charge in [0.1, 0.15) is 5.78 Å². The molecule has 0 bridgehead atoms. The number of aryl methyl sites for hydroxylation is 1. The minimum Gasteiger partial charge on any atom is -0.391 e. The zero-order valence-corrected chi connectivity index (χ0v) is 15.0. The molecule has 0 radical (unpaired) electrons. The van der Waals surface area contributed by atoms with E-state index in [1.807, 2.05) is 25.1 Å². The number of rotatable bonds is 8. The average molecular weight is 346 g/mol. The number of carbonyl (C=O) groups excluding carboxylic acids is 2. The van der Waals surface area contributed by atoms with Crippen molar-refractivity contribution in [1.29, 1.82) is 0 Å². The van der Waals surface area contributed by atoms with Gasteiger partial charge in [0.15, 0.2) is 0 Å². The highest BCUT2D eigenvalue weighted by Gasteiger charge is 2.39. The summed E-state index contributed by atoms with van der Waals surface area (Å²) in [6, 6.07) is 9.24. The summed E-state index contributed by atoms with van der Waals surface area (Å²) in [5.41, 5.74) is 7.32. The Bertz CT molecular complexity index is 561. The lowest BCUT2D eigenvalue weighted by Crippen LogP contribution is -2.59. The number of Topliss-reactive ketones (excluding diaryl/α,β-unsaturated/α-hetero) is 1. The molecular weight excluding hydrogens is 316 g/mol. The van der Waals surface area contributed by atoms with E-state index in [-0.39, 0.29) is 17.7 Å². The summed E-state index contributed by atoms with van der Waals surface area (Å²) < 4.78 is 0. The van der Waals surface area contributed by atoms with Crippen LogP contribution in [0.3, 0.4) is 0 Å². The molecule has 1 aromatic rings. The van der Waals surface area contributed by atoms with Crippen molar-refractivity contribution in [3.05, 3.63) is 35.9 Å². The van der Waals surface area contributed by atoms with E-state index in [0.717, 1.165) is 19.3 Å². The van der Waals surface area contributed by atoms with E-state index < -0.39 is 18.1 Å².